The second-order valence-electron chi connectivity index (χ2n) is 1.26. The molecule has 0 saturated heterocycles. The molecule has 0 spiro atoms. The number of hydrogen-bond acceptors (Lipinski definition) is 3. The minimum atomic E-state index is -1.92. The molecule has 1 unspecified atom stereocenters. The van der Waals surface area contributed by atoms with Gasteiger partial charge in [0.15, 0.2) is 0 Å². The van der Waals surface area contributed by atoms with E-state index in [-0.39, 0.29) is 0 Å². The lowest BCUT2D eigenvalue weighted by Gasteiger charge is -1.84. The largest absolute Gasteiger partial charge is 0.610 e. The first kappa shape index (κ1) is 7.98. The molecule has 48 valence electrons. The van der Waals surface area contributed by atoms with Crippen molar-refractivity contribution in [2.45, 2.75) is 6.42 Å². The second-order valence-corrected chi connectivity index (χ2v) is 2.09. The highest BCUT2D eigenvalue weighted by Crippen LogP contribution is 2.08. The van der Waals surface area contributed by atoms with Gasteiger partial charge in [-0.25, -0.2) is 0 Å². The van der Waals surface area contributed by atoms with E-state index in [1.807, 2.05) is 0 Å². The predicted octanol–water partition coefficient (Wildman–Crippen LogP) is -0.0321. The lowest BCUT2D eigenvalue weighted by atomic mass is 10.5. The van der Waals surface area contributed by atoms with Crippen molar-refractivity contribution in [3.8, 4) is 0 Å². The summed E-state index contributed by atoms with van der Waals surface area (Å²) in [7, 11) is -1.92. The molecule has 5 heteroatoms. The van der Waals surface area contributed by atoms with E-state index >= 15 is 0 Å². The summed E-state index contributed by atoms with van der Waals surface area (Å²) in [6.45, 7) is 0.936. The van der Waals surface area contributed by atoms with Crippen LogP contribution in [0, 0.1) is 0 Å². The highest BCUT2D eigenvalue weighted by Gasteiger charge is 2.05. The highest BCUT2D eigenvalue weighted by atomic mass is 31.1. The van der Waals surface area contributed by atoms with Gasteiger partial charge in [-0.1, -0.05) is 5.50 Å². The van der Waals surface area contributed by atoms with E-state index in [1.54, 1.807) is 0 Å². The molecular weight excluding hydrogens is 127 g/mol. The third-order valence-corrected chi connectivity index (χ3v) is 1.00. The summed E-state index contributed by atoms with van der Waals surface area (Å²) in [5.41, 5.74) is 9.88. The maximum absolute atomic E-state index is 9.98. The Bertz CT molecular complexity index is 77.7. The topological polar surface area (TPSA) is 78.3 Å². The van der Waals surface area contributed by atoms with E-state index in [4.69, 9.17) is 11.2 Å². The van der Waals surface area contributed by atoms with Gasteiger partial charge in [0.1, 0.15) is 6.61 Å². The maximum atomic E-state index is 9.98. The molecule has 4 N–H and O–H groups in total. The van der Waals surface area contributed by atoms with Gasteiger partial charge in [0.25, 0.3) is 0 Å². The van der Waals surface area contributed by atoms with Crippen molar-refractivity contribution in [2.24, 2.45) is 11.2 Å². The Morgan fingerprint density at radius 3 is 2.62 bits per heavy atom. The fraction of sp³-hybridized carbons (Fsp3) is 1.00. The average molecular weight is 137 g/mol. The van der Waals surface area contributed by atoms with Crippen LogP contribution in [0.1, 0.15) is 6.42 Å². The zero-order valence-electron chi connectivity index (χ0n) is 4.54. The molecule has 0 aromatic heterocycles. The maximum Gasteiger partial charge on any atom is 0.610 e. The molecule has 0 aliphatic heterocycles. The summed E-state index contributed by atoms with van der Waals surface area (Å²) in [5, 5.41) is 0. The molecule has 8 heavy (non-hydrogen) atoms. The van der Waals surface area contributed by atoms with Gasteiger partial charge >= 0.3 is 8.18 Å². The summed E-state index contributed by atoms with van der Waals surface area (Å²) in [4.78, 5) is 0. The van der Waals surface area contributed by atoms with Gasteiger partial charge in [-0.05, 0) is 17.5 Å². The van der Waals surface area contributed by atoms with Gasteiger partial charge in [0.05, 0.1) is 0 Å². The summed E-state index contributed by atoms with van der Waals surface area (Å²) >= 11 is 0. The molecule has 0 radical (unpaired) electrons. The summed E-state index contributed by atoms with van der Waals surface area (Å²) in [6, 6.07) is 0. The monoisotopic (exact) mass is 137 g/mol. The Hall–Kier alpha value is -0.0200. The lowest BCUT2D eigenvalue weighted by molar-refractivity contribution is 0.325. The molecule has 4 nitrogen and oxygen atoms in total. The Morgan fingerprint density at radius 2 is 2.25 bits per heavy atom. The van der Waals surface area contributed by atoms with Crippen LogP contribution in [0.5, 0.6) is 0 Å². The van der Waals surface area contributed by atoms with Crippen molar-refractivity contribution < 1.29 is 9.09 Å². The van der Waals surface area contributed by atoms with Crippen molar-refractivity contribution in [1.29, 1.82) is 0 Å². The molecular formula is C3H10N2O2P+. The first-order valence-corrected chi connectivity index (χ1v) is 3.57. The van der Waals surface area contributed by atoms with E-state index in [9.17, 15) is 4.57 Å². The van der Waals surface area contributed by atoms with Crippen LogP contribution in [-0.2, 0) is 9.09 Å². The molecule has 0 rings (SSSR count). The molecule has 0 heterocycles. The molecule has 0 aliphatic rings. The van der Waals surface area contributed by atoms with Crippen LogP contribution in [-0.4, -0.2) is 13.2 Å². The fourth-order valence-corrected chi connectivity index (χ4v) is 0.547. The fourth-order valence-electron chi connectivity index (χ4n) is 0.238. The molecule has 1 atom stereocenters. The zero-order valence-corrected chi connectivity index (χ0v) is 5.43. The number of rotatable bonds is 4. The number of nitrogens with two attached hydrogens (primary N) is 2. The Balaban J connectivity index is 2.82. The van der Waals surface area contributed by atoms with Crippen LogP contribution < -0.4 is 11.2 Å². The zero-order chi connectivity index (χ0) is 6.41. The molecule has 0 aromatic carbocycles. The van der Waals surface area contributed by atoms with Crippen LogP contribution in [0.25, 0.3) is 0 Å². The SMILES string of the molecule is NCCCO[P+](N)=O. The van der Waals surface area contributed by atoms with Crippen molar-refractivity contribution in [2.75, 3.05) is 13.2 Å². The first-order valence-electron chi connectivity index (χ1n) is 2.32. The first-order chi connectivity index (χ1) is 3.77. The third kappa shape index (κ3) is 5.98. The minimum Gasteiger partial charge on any atom is -0.330 e. The molecule has 0 fully saturated rings. The van der Waals surface area contributed by atoms with Gasteiger partial charge < -0.3 is 5.73 Å². The van der Waals surface area contributed by atoms with E-state index < -0.39 is 8.18 Å². The van der Waals surface area contributed by atoms with Crippen molar-refractivity contribution in [1.82, 2.24) is 0 Å². The minimum absolute atomic E-state index is 0.391. The summed E-state index contributed by atoms with van der Waals surface area (Å²) in [5.74, 6) is 0. The van der Waals surface area contributed by atoms with Gasteiger partial charge in [-0.3, -0.25) is 0 Å². The predicted molar refractivity (Wildman–Crippen MR) is 31.4 cm³/mol. The van der Waals surface area contributed by atoms with Crippen molar-refractivity contribution >= 4 is 8.18 Å². The Labute approximate surface area is 49.1 Å². The van der Waals surface area contributed by atoms with E-state index in [1.165, 1.54) is 0 Å². The lowest BCUT2D eigenvalue weighted by Crippen LogP contribution is -2.02. The summed E-state index contributed by atoms with van der Waals surface area (Å²) in [6.07, 6.45) is 0.707. The van der Waals surface area contributed by atoms with Crippen LogP contribution >= 0.6 is 8.18 Å². The van der Waals surface area contributed by atoms with Crippen LogP contribution in [0.2, 0.25) is 0 Å². The van der Waals surface area contributed by atoms with Gasteiger partial charge in [0, 0.05) is 0 Å². The van der Waals surface area contributed by atoms with Gasteiger partial charge in [-0.15, -0.1) is 4.52 Å². The third-order valence-electron chi connectivity index (χ3n) is 0.567. The van der Waals surface area contributed by atoms with Crippen molar-refractivity contribution in [3.63, 3.8) is 0 Å². The Morgan fingerprint density at radius 1 is 1.62 bits per heavy atom. The average Bonchev–Trinajstić information content (AvgIpc) is 1.66. The number of hydrogen-bond donors (Lipinski definition) is 2. The quantitative estimate of drug-likeness (QED) is 0.421. The molecule has 0 amide bonds. The van der Waals surface area contributed by atoms with Crippen LogP contribution in [0.15, 0.2) is 0 Å². The molecule has 0 saturated carbocycles. The van der Waals surface area contributed by atoms with Gasteiger partial charge in [0.2, 0.25) is 0 Å². The van der Waals surface area contributed by atoms with E-state index in [2.05, 4.69) is 4.52 Å². The highest BCUT2D eigenvalue weighted by molar-refractivity contribution is 7.36. The van der Waals surface area contributed by atoms with E-state index in [0.717, 1.165) is 0 Å². The normalized spacial score (nSPS) is 11.5. The standard InChI is InChI=1S/C3H10N2O2P/c4-2-1-3-7-8(5)6/h1-4H2,(H2,5,6)/q+1. The van der Waals surface area contributed by atoms with Gasteiger partial charge in [-0.2, -0.15) is 0 Å². The second kappa shape index (κ2) is 5.12. The van der Waals surface area contributed by atoms with E-state index in [0.29, 0.717) is 19.6 Å². The Kier molecular flexibility index (Phi) is 5.11. The molecule has 0 bridgehead atoms. The molecule has 0 aromatic rings. The molecule has 0 aliphatic carbocycles. The van der Waals surface area contributed by atoms with Crippen LogP contribution in [0.4, 0.5) is 0 Å². The van der Waals surface area contributed by atoms with Crippen molar-refractivity contribution in [3.05, 3.63) is 0 Å². The smallest absolute Gasteiger partial charge is 0.330 e. The summed E-state index contributed by atoms with van der Waals surface area (Å²) < 4.78 is 14.5. The van der Waals surface area contributed by atoms with Crippen LogP contribution in [0.3, 0.4) is 0 Å².